The third kappa shape index (κ3) is 3.78. The number of halogens is 3. The minimum absolute atomic E-state index is 0.377. The van der Waals surface area contributed by atoms with E-state index in [4.69, 9.17) is 44.1 Å². The topological polar surface area (TPSA) is 63.0 Å². The highest BCUT2D eigenvalue weighted by atomic mass is 35.5. The SMILES string of the molecule is O=C1C2ON(c3ccccc3)C(c3ccc(-c4ccc(Cl)cc4Cl)o3)C2C(=O)N1c1ccc(Cl)cc1. The van der Waals surface area contributed by atoms with Crippen molar-refractivity contribution in [2.45, 2.75) is 12.1 Å². The summed E-state index contributed by atoms with van der Waals surface area (Å²) < 4.78 is 6.23. The Morgan fingerprint density at radius 1 is 0.722 bits per heavy atom. The van der Waals surface area contributed by atoms with Gasteiger partial charge in [-0.3, -0.25) is 14.4 Å². The Balaban J connectivity index is 1.42. The second-order valence-corrected chi connectivity index (χ2v) is 9.75. The highest BCUT2D eigenvalue weighted by molar-refractivity contribution is 6.36. The summed E-state index contributed by atoms with van der Waals surface area (Å²) in [5, 5.41) is 3.03. The summed E-state index contributed by atoms with van der Waals surface area (Å²) in [6, 6.07) is 23.8. The van der Waals surface area contributed by atoms with Crippen LogP contribution in [0, 0.1) is 5.92 Å². The molecule has 0 aliphatic carbocycles. The first-order valence-corrected chi connectivity index (χ1v) is 12.3. The van der Waals surface area contributed by atoms with Crippen molar-refractivity contribution in [3.8, 4) is 11.3 Å². The molecule has 4 aromatic rings. The first-order valence-electron chi connectivity index (χ1n) is 11.1. The van der Waals surface area contributed by atoms with Crippen molar-refractivity contribution >= 4 is 58.0 Å². The van der Waals surface area contributed by atoms with Gasteiger partial charge < -0.3 is 4.42 Å². The summed E-state index contributed by atoms with van der Waals surface area (Å²) in [7, 11) is 0. The number of benzene rings is 3. The van der Waals surface area contributed by atoms with Crippen molar-refractivity contribution in [1.82, 2.24) is 0 Å². The zero-order chi connectivity index (χ0) is 25.0. The molecule has 0 saturated carbocycles. The lowest BCUT2D eigenvalue weighted by molar-refractivity contribution is -0.126. The highest BCUT2D eigenvalue weighted by Gasteiger charge is 2.61. The average Bonchev–Trinajstić information content (AvgIpc) is 3.56. The van der Waals surface area contributed by atoms with E-state index < -0.39 is 24.0 Å². The van der Waals surface area contributed by atoms with Gasteiger partial charge in [0.05, 0.1) is 16.4 Å². The lowest BCUT2D eigenvalue weighted by Gasteiger charge is -2.27. The normalized spacial score (nSPS) is 21.4. The molecular weight excluding hydrogens is 523 g/mol. The smallest absolute Gasteiger partial charge is 0.266 e. The van der Waals surface area contributed by atoms with Crippen molar-refractivity contribution in [2.75, 3.05) is 9.96 Å². The Hall–Kier alpha value is -3.29. The fourth-order valence-corrected chi connectivity index (χ4v) is 5.32. The number of hydrogen-bond donors (Lipinski definition) is 0. The van der Waals surface area contributed by atoms with Crippen molar-refractivity contribution in [3.05, 3.63) is 106 Å². The first kappa shape index (κ1) is 23.1. The fourth-order valence-electron chi connectivity index (χ4n) is 4.69. The fraction of sp³-hybridized carbons (Fsp3) is 0.111. The lowest BCUT2D eigenvalue weighted by Crippen LogP contribution is -2.37. The van der Waals surface area contributed by atoms with E-state index >= 15 is 0 Å². The monoisotopic (exact) mass is 538 g/mol. The van der Waals surface area contributed by atoms with E-state index in [1.165, 1.54) is 0 Å². The minimum atomic E-state index is -1.01. The van der Waals surface area contributed by atoms with Crippen LogP contribution in [-0.2, 0) is 14.4 Å². The number of nitrogens with zero attached hydrogens (tertiary/aromatic N) is 2. The number of fused-ring (bicyclic) bond motifs is 1. The largest absolute Gasteiger partial charge is 0.459 e. The van der Waals surface area contributed by atoms with Crippen LogP contribution in [-0.4, -0.2) is 17.9 Å². The maximum Gasteiger partial charge on any atom is 0.266 e. The Labute approximate surface area is 221 Å². The van der Waals surface area contributed by atoms with E-state index in [0.29, 0.717) is 43.5 Å². The zero-order valence-electron chi connectivity index (χ0n) is 18.5. The molecule has 0 bridgehead atoms. The number of hydrogen-bond acceptors (Lipinski definition) is 5. The molecule has 3 unspecified atom stereocenters. The van der Waals surface area contributed by atoms with E-state index in [1.807, 2.05) is 30.3 Å². The highest BCUT2D eigenvalue weighted by Crippen LogP contribution is 2.48. The summed E-state index contributed by atoms with van der Waals surface area (Å²) in [6.07, 6.45) is -1.01. The molecule has 2 aliphatic heterocycles. The van der Waals surface area contributed by atoms with Crippen LogP contribution in [0.5, 0.6) is 0 Å². The summed E-state index contributed by atoms with van der Waals surface area (Å²) in [5.74, 6) is -0.671. The van der Waals surface area contributed by atoms with Crippen LogP contribution in [0.25, 0.3) is 11.3 Å². The van der Waals surface area contributed by atoms with E-state index in [0.717, 1.165) is 4.90 Å². The Morgan fingerprint density at radius 2 is 1.44 bits per heavy atom. The van der Waals surface area contributed by atoms with Crippen molar-refractivity contribution in [3.63, 3.8) is 0 Å². The van der Waals surface area contributed by atoms with Gasteiger partial charge in [0, 0.05) is 15.6 Å². The number of rotatable bonds is 4. The molecule has 3 atom stereocenters. The van der Waals surface area contributed by atoms with Crippen LogP contribution in [0.1, 0.15) is 11.8 Å². The number of para-hydroxylation sites is 1. The van der Waals surface area contributed by atoms with E-state index in [-0.39, 0.29) is 5.91 Å². The quantitative estimate of drug-likeness (QED) is 0.262. The molecule has 3 heterocycles. The molecular formula is C27H17Cl3N2O4. The lowest BCUT2D eigenvalue weighted by atomic mass is 9.94. The molecule has 36 heavy (non-hydrogen) atoms. The number of carbonyl (C=O) groups is 2. The van der Waals surface area contributed by atoms with Gasteiger partial charge in [-0.1, -0.05) is 53.0 Å². The van der Waals surface area contributed by atoms with Gasteiger partial charge >= 0.3 is 0 Å². The van der Waals surface area contributed by atoms with E-state index in [9.17, 15) is 9.59 Å². The molecule has 1 aromatic heterocycles. The zero-order valence-corrected chi connectivity index (χ0v) is 20.7. The van der Waals surface area contributed by atoms with Crippen LogP contribution in [0.4, 0.5) is 11.4 Å². The van der Waals surface area contributed by atoms with Crippen molar-refractivity contribution < 1.29 is 18.8 Å². The molecule has 180 valence electrons. The van der Waals surface area contributed by atoms with Gasteiger partial charge in [0.1, 0.15) is 23.5 Å². The van der Waals surface area contributed by atoms with Crippen LogP contribution >= 0.6 is 34.8 Å². The van der Waals surface area contributed by atoms with Gasteiger partial charge in [0.2, 0.25) is 5.91 Å². The predicted molar refractivity (Wildman–Crippen MR) is 138 cm³/mol. The van der Waals surface area contributed by atoms with Crippen LogP contribution in [0.15, 0.2) is 89.3 Å². The molecule has 2 fully saturated rings. The van der Waals surface area contributed by atoms with Crippen LogP contribution in [0.3, 0.4) is 0 Å². The van der Waals surface area contributed by atoms with Gasteiger partial charge in [-0.2, -0.15) is 0 Å². The van der Waals surface area contributed by atoms with E-state index in [1.54, 1.807) is 59.7 Å². The summed E-state index contributed by atoms with van der Waals surface area (Å²) >= 11 is 18.4. The number of imide groups is 1. The Morgan fingerprint density at radius 3 is 2.17 bits per heavy atom. The van der Waals surface area contributed by atoms with Crippen LogP contribution in [0.2, 0.25) is 15.1 Å². The van der Waals surface area contributed by atoms with Crippen LogP contribution < -0.4 is 9.96 Å². The van der Waals surface area contributed by atoms with Gasteiger partial charge in [0.15, 0.2) is 6.10 Å². The average molecular weight is 540 g/mol. The Bertz CT molecular complexity index is 1470. The molecule has 6 rings (SSSR count). The molecule has 2 aliphatic rings. The number of hydroxylamine groups is 1. The second kappa shape index (κ2) is 8.98. The summed E-state index contributed by atoms with van der Waals surface area (Å²) in [4.78, 5) is 34.4. The molecule has 2 amide bonds. The third-order valence-electron chi connectivity index (χ3n) is 6.33. The second-order valence-electron chi connectivity index (χ2n) is 8.47. The molecule has 2 saturated heterocycles. The molecule has 0 spiro atoms. The van der Waals surface area contributed by atoms with Gasteiger partial charge in [0.25, 0.3) is 5.91 Å². The molecule has 0 N–H and O–H groups in total. The molecule has 0 radical (unpaired) electrons. The summed E-state index contributed by atoms with van der Waals surface area (Å²) in [5.41, 5.74) is 1.79. The number of amides is 2. The first-order chi connectivity index (χ1) is 17.4. The molecule has 3 aromatic carbocycles. The number of anilines is 2. The summed E-state index contributed by atoms with van der Waals surface area (Å²) in [6.45, 7) is 0. The number of carbonyl (C=O) groups excluding carboxylic acids is 2. The van der Waals surface area contributed by atoms with E-state index in [2.05, 4.69) is 0 Å². The van der Waals surface area contributed by atoms with Gasteiger partial charge in [-0.05, 0) is 66.7 Å². The van der Waals surface area contributed by atoms with Crippen molar-refractivity contribution in [2.24, 2.45) is 5.92 Å². The standard InChI is InChI=1S/C27H17Cl3N2O4/c28-15-6-9-17(10-7-15)31-26(33)23-24(32(36-25(23)27(31)34)18-4-2-1-3-5-18)22-13-12-21(35-22)19-11-8-16(29)14-20(19)30/h1-14,23-25H. The molecule has 6 nitrogen and oxygen atoms in total. The molecule has 9 heteroatoms. The minimum Gasteiger partial charge on any atom is -0.459 e. The van der Waals surface area contributed by atoms with Gasteiger partial charge in [-0.25, -0.2) is 9.96 Å². The predicted octanol–water partition coefficient (Wildman–Crippen LogP) is 6.96. The maximum absolute atomic E-state index is 13.7. The maximum atomic E-state index is 13.7. The van der Waals surface area contributed by atoms with Gasteiger partial charge in [-0.15, -0.1) is 0 Å². The third-order valence-corrected chi connectivity index (χ3v) is 7.13. The Kier molecular flexibility index (Phi) is 5.77. The van der Waals surface area contributed by atoms with Crippen molar-refractivity contribution in [1.29, 1.82) is 0 Å². The number of furan rings is 1.